The Kier molecular flexibility index (Phi) is 3.91. The average Bonchev–Trinajstić information content (AvgIpc) is 2.96. The van der Waals surface area contributed by atoms with Gasteiger partial charge in [-0.15, -0.1) is 0 Å². The van der Waals surface area contributed by atoms with Crippen molar-refractivity contribution in [2.75, 3.05) is 13.2 Å². The van der Waals surface area contributed by atoms with Gasteiger partial charge >= 0.3 is 6.09 Å². The number of ether oxygens (including phenoxy) is 1. The van der Waals surface area contributed by atoms with Gasteiger partial charge in [0.1, 0.15) is 18.1 Å². The van der Waals surface area contributed by atoms with Crippen molar-refractivity contribution in [3.05, 3.63) is 54.0 Å². The lowest BCUT2D eigenvalue weighted by Gasteiger charge is -2.25. The van der Waals surface area contributed by atoms with Gasteiger partial charge in [-0.2, -0.15) is 0 Å². The van der Waals surface area contributed by atoms with Gasteiger partial charge < -0.3 is 14.2 Å². The lowest BCUT2D eigenvalue weighted by Crippen LogP contribution is -2.36. The van der Waals surface area contributed by atoms with Gasteiger partial charge in [-0.05, 0) is 30.7 Å². The molecule has 0 bridgehead atoms. The molecule has 0 atom stereocenters. The molecule has 0 fully saturated rings. The lowest BCUT2D eigenvalue weighted by molar-refractivity contribution is 0.107. The highest BCUT2D eigenvalue weighted by Gasteiger charge is 2.27. The fourth-order valence-corrected chi connectivity index (χ4v) is 2.44. The van der Waals surface area contributed by atoms with Gasteiger partial charge in [-0.1, -0.05) is 17.8 Å². The summed E-state index contributed by atoms with van der Waals surface area (Å²) in [7, 11) is 0. The van der Waals surface area contributed by atoms with Crippen LogP contribution in [-0.2, 0) is 17.7 Å². The second kappa shape index (κ2) is 6.01. The van der Waals surface area contributed by atoms with Crippen LogP contribution >= 0.6 is 0 Å². The van der Waals surface area contributed by atoms with Crippen LogP contribution in [0, 0.1) is 5.82 Å². The van der Waals surface area contributed by atoms with E-state index in [4.69, 9.17) is 9.26 Å². The van der Waals surface area contributed by atoms with Crippen LogP contribution in [0.15, 0.2) is 41.4 Å². The molecule has 3 rings (SSSR count). The van der Waals surface area contributed by atoms with Crippen molar-refractivity contribution >= 4 is 6.09 Å². The van der Waals surface area contributed by atoms with Crippen molar-refractivity contribution < 1.29 is 18.4 Å². The molecule has 0 unspecified atom stereocenters. The van der Waals surface area contributed by atoms with Gasteiger partial charge in [0.25, 0.3) is 0 Å². The van der Waals surface area contributed by atoms with Crippen LogP contribution in [0.3, 0.4) is 0 Å². The molecule has 1 aromatic carbocycles. The third-order valence-electron chi connectivity index (χ3n) is 3.53. The first-order valence-electron chi connectivity index (χ1n) is 6.95. The maximum Gasteiger partial charge on any atom is 0.410 e. The molecular formula is C16H15FN2O3. The smallest absolute Gasteiger partial charge is 0.410 e. The van der Waals surface area contributed by atoms with Gasteiger partial charge in [-0.25, -0.2) is 9.18 Å². The number of benzene rings is 1. The second-order valence-electron chi connectivity index (χ2n) is 4.98. The average molecular weight is 302 g/mol. The molecule has 0 saturated heterocycles. The normalized spacial score (nSPS) is 13.6. The minimum atomic E-state index is -0.392. The first kappa shape index (κ1) is 14.3. The van der Waals surface area contributed by atoms with Crippen LogP contribution < -0.4 is 0 Å². The molecule has 0 saturated carbocycles. The Labute approximate surface area is 127 Å². The van der Waals surface area contributed by atoms with Crippen LogP contribution in [0.25, 0.3) is 11.3 Å². The molecular weight excluding hydrogens is 287 g/mol. The first-order valence-corrected chi connectivity index (χ1v) is 6.95. The zero-order valence-electron chi connectivity index (χ0n) is 11.9. The molecule has 1 aromatic heterocycles. The number of nitrogens with zero attached hydrogens (tertiary/aromatic N) is 2. The summed E-state index contributed by atoms with van der Waals surface area (Å²) in [6, 6.07) is 6.07. The second-order valence-corrected chi connectivity index (χ2v) is 4.98. The number of carbonyl (C=O) groups excluding carboxylic acids is 1. The topological polar surface area (TPSA) is 55.6 Å². The molecule has 22 heavy (non-hydrogen) atoms. The number of fused-ring (bicyclic) bond motifs is 1. The fraction of sp³-hybridized carbons (Fsp3) is 0.250. The maximum absolute atomic E-state index is 13.0. The number of halogens is 1. The Bertz CT molecular complexity index is 694. The molecule has 114 valence electrons. The van der Waals surface area contributed by atoms with Gasteiger partial charge in [0, 0.05) is 17.7 Å². The fourth-order valence-electron chi connectivity index (χ4n) is 2.44. The molecule has 0 aliphatic carbocycles. The zero-order chi connectivity index (χ0) is 15.5. The Morgan fingerprint density at radius 2 is 2.23 bits per heavy atom. The molecule has 2 aromatic rings. The molecule has 1 aliphatic rings. The van der Waals surface area contributed by atoms with E-state index in [1.165, 1.54) is 18.2 Å². The summed E-state index contributed by atoms with van der Waals surface area (Å²) >= 11 is 0. The molecule has 0 radical (unpaired) electrons. The molecule has 5 nitrogen and oxygen atoms in total. The number of hydrogen-bond acceptors (Lipinski definition) is 4. The van der Waals surface area contributed by atoms with Crippen LogP contribution in [-0.4, -0.2) is 29.3 Å². The molecule has 6 heteroatoms. The summed E-state index contributed by atoms with van der Waals surface area (Å²) in [5, 5.41) is 4.03. The van der Waals surface area contributed by atoms with E-state index in [9.17, 15) is 9.18 Å². The van der Waals surface area contributed by atoms with E-state index in [1.807, 2.05) is 0 Å². The van der Waals surface area contributed by atoms with Gasteiger partial charge in [-0.3, -0.25) is 0 Å². The quantitative estimate of drug-likeness (QED) is 0.817. The third kappa shape index (κ3) is 2.72. The summed E-state index contributed by atoms with van der Waals surface area (Å²) in [5.41, 5.74) is 2.44. The van der Waals surface area contributed by atoms with Crippen LogP contribution in [0.5, 0.6) is 0 Å². The minimum absolute atomic E-state index is 0.182. The van der Waals surface area contributed by atoms with Crippen molar-refractivity contribution in [1.82, 2.24) is 10.1 Å². The van der Waals surface area contributed by atoms with Crippen molar-refractivity contribution in [3.63, 3.8) is 0 Å². The Hall–Kier alpha value is -2.63. The monoisotopic (exact) mass is 302 g/mol. The van der Waals surface area contributed by atoms with Crippen molar-refractivity contribution in [3.8, 4) is 11.3 Å². The first-order chi connectivity index (χ1) is 10.7. The van der Waals surface area contributed by atoms with Crippen molar-refractivity contribution in [2.45, 2.75) is 13.0 Å². The number of amides is 1. The number of hydrogen-bond donors (Lipinski definition) is 0. The van der Waals surface area contributed by atoms with Crippen LogP contribution in [0.1, 0.15) is 11.3 Å². The van der Waals surface area contributed by atoms with Crippen molar-refractivity contribution in [2.24, 2.45) is 0 Å². The van der Waals surface area contributed by atoms with Gasteiger partial charge in [0.15, 0.2) is 5.76 Å². The maximum atomic E-state index is 13.0. The predicted molar refractivity (Wildman–Crippen MR) is 77.6 cm³/mol. The van der Waals surface area contributed by atoms with E-state index in [2.05, 4.69) is 11.7 Å². The molecule has 0 spiro atoms. The van der Waals surface area contributed by atoms with Crippen LogP contribution in [0.4, 0.5) is 9.18 Å². The van der Waals surface area contributed by atoms with E-state index in [-0.39, 0.29) is 12.4 Å². The minimum Gasteiger partial charge on any atom is -0.445 e. The molecule has 0 N–H and O–H groups in total. The van der Waals surface area contributed by atoms with E-state index in [0.29, 0.717) is 31.0 Å². The summed E-state index contributed by atoms with van der Waals surface area (Å²) in [6.07, 6.45) is 1.75. The molecule has 2 heterocycles. The van der Waals surface area contributed by atoms with E-state index < -0.39 is 6.09 Å². The largest absolute Gasteiger partial charge is 0.445 e. The Morgan fingerprint density at radius 3 is 2.95 bits per heavy atom. The number of aromatic nitrogens is 1. The van der Waals surface area contributed by atoms with Crippen LogP contribution in [0.2, 0.25) is 0 Å². The standard InChI is InChI=1S/C16H15FN2O3/c1-2-9-21-16(20)19-8-7-13-14(10-19)18-22-15(13)11-3-5-12(17)6-4-11/h2-6H,1,7-10H2. The zero-order valence-corrected chi connectivity index (χ0v) is 11.9. The highest BCUT2D eigenvalue weighted by atomic mass is 19.1. The molecule has 1 amide bonds. The van der Waals surface area contributed by atoms with E-state index in [1.54, 1.807) is 17.0 Å². The lowest BCUT2D eigenvalue weighted by atomic mass is 10.0. The predicted octanol–water partition coefficient (Wildman–Crippen LogP) is 3.16. The summed E-state index contributed by atoms with van der Waals surface area (Å²) in [6.45, 7) is 4.56. The number of rotatable bonds is 3. The summed E-state index contributed by atoms with van der Waals surface area (Å²) in [4.78, 5) is 13.4. The van der Waals surface area contributed by atoms with E-state index in [0.717, 1.165) is 11.1 Å². The summed E-state index contributed by atoms with van der Waals surface area (Å²) in [5.74, 6) is 0.336. The Balaban J connectivity index is 1.79. The summed E-state index contributed by atoms with van der Waals surface area (Å²) < 4.78 is 23.4. The van der Waals surface area contributed by atoms with E-state index >= 15 is 0 Å². The van der Waals surface area contributed by atoms with Gasteiger partial charge in [0.05, 0.1) is 6.54 Å². The van der Waals surface area contributed by atoms with Gasteiger partial charge in [0.2, 0.25) is 0 Å². The number of carbonyl (C=O) groups is 1. The molecule has 1 aliphatic heterocycles. The third-order valence-corrected chi connectivity index (χ3v) is 3.53. The highest BCUT2D eigenvalue weighted by Crippen LogP contribution is 2.30. The SMILES string of the molecule is C=CCOC(=O)N1CCc2c(noc2-c2ccc(F)cc2)C1. The van der Waals surface area contributed by atoms with Crippen molar-refractivity contribution in [1.29, 1.82) is 0 Å². The Morgan fingerprint density at radius 1 is 1.45 bits per heavy atom. The highest BCUT2D eigenvalue weighted by molar-refractivity contribution is 5.69.